The number of likely N-dealkylation sites (tertiary alicyclic amines) is 1. The van der Waals surface area contributed by atoms with Crippen molar-refractivity contribution in [3.8, 4) is 5.69 Å². The minimum Gasteiger partial charge on any atom is -0.350 e. The van der Waals surface area contributed by atoms with Gasteiger partial charge in [0.15, 0.2) is 6.29 Å². The third-order valence-electron chi connectivity index (χ3n) is 6.28. The number of carbonyl (C=O) groups is 1. The molecule has 1 aliphatic carbocycles. The normalized spacial score (nSPS) is 21.1. The summed E-state index contributed by atoms with van der Waals surface area (Å²) in [6.45, 7) is 2.43. The van der Waals surface area contributed by atoms with Gasteiger partial charge in [-0.2, -0.15) is 18.3 Å². The van der Waals surface area contributed by atoms with Gasteiger partial charge in [-0.15, -0.1) is 0 Å². The van der Waals surface area contributed by atoms with E-state index in [1.54, 1.807) is 6.07 Å². The zero-order chi connectivity index (χ0) is 21.6. The molecule has 1 saturated carbocycles. The summed E-state index contributed by atoms with van der Waals surface area (Å²) in [7, 11) is 0. The number of nitrogens with zero attached hydrogens (tertiary/aromatic N) is 3. The molecule has 0 spiro atoms. The first-order valence-electron chi connectivity index (χ1n) is 10.7. The van der Waals surface area contributed by atoms with Gasteiger partial charge in [0, 0.05) is 24.9 Å². The molecule has 0 unspecified atom stereocenters. The van der Waals surface area contributed by atoms with E-state index in [4.69, 9.17) is 9.47 Å². The SMILES string of the molecule is O=C(c1cnn(-c2cccc(C(F)(F)F)c2)c1C1CC1)N1CCC(C2OCCO2)CC1. The molecule has 1 aromatic carbocycles. The fourth-order valence-electron chi connectivity index (χ4n) is 4.49. The molecule has 31 heavy (non-hydrogen) atoms. The van der Waals surface area contributed by atoms with Crippen LogP contribution in [0.2, 0.25) is 0 Å². The lowest BCUT2D eigenvalue weighted by atomic mass is 9.95. The Bertz CT molecular complexity index is 956. The molecular formula is C22H24F3N3O3. The second-order valence-corrected chi connectivity index (χ2v) is 8.42. The highest BCUT2D eigenvalue weighted by molar-refractivity contribution is 5.95. The number of carbonyl (C=O) groups excluding carboxylic acids is 1. The van der Waals surface area contributed by atoms with Gasteiger partial charge in [-0.05, 0) is 43.9 Å². The van der Waals surface area contributed by atoms with E-state index in [1.165, 1.54) is 16.9 Å². The Morgan fingerprint density at radius 2 is 1.77 bits per heavy atom. The first kappa shape index (κ1) is 20.5. The van der Waals surface area contributed by atoms with E-state index in [0.29, 0.717) is 43.2 Å². The summed E-state index contributed by atoms with van der Waals surface area (Å²) < 4.78 is 52.2. The second kappa shape index (κ2) is 7.94. The second-order valence-electron chi connectivity index (χ2n) is 8.42. The minimum absolute atomic E-state index is 0.105. The fourth-order valence-corrected chi connectivity index (χ4v) is 4.49. The summed E-state index contributed by atoms with van der Waals surface area (Å²) >= 11 is 0. The Labute approximate surface area is 177 Å². The number of ether oxygens (including phenoxy) is 2. The highest BCUT2D eigenvalue weighted by Gasteiger charge is 2.37. The molecule has 3 fully saturated rings. The average Bonchev–Trinajstić information content (AvgIpc) is 3.27. The summed E-state index contributed by atoms with van der Waals surface area (Å²) in [6, 6.07) is 5.09. The Morgan fingerprint density at radius 1 is 1.06 bits per heavy atom. The van der Waals surface area contributed by atoms with E-state index in [1.807, 2.05) is 4.90 Å². The molecule has 3 heterocycles. The number of piperidine rings is 1. The molecule has 1 aromatic heterocycles. The van der Waals surface area contributed by atoms with Gasteiger partial charge in [0.1, 0.15) is 0 Å². The summed E-state index contributed by atoms with van der Waals surface area (Å²) in [5.41, 5.74) is 0.805. The predicted molar refractivity (Wildman–Crippen MR) is 105 cm³/mol. The quantitative estimate of drug-likeness (QED) is 0.729. The highest BCUT2D eigenvalue weighted by atomic mass is 19.4. The van der Waals surface area contributed by atoms with Gasteiger partial charge in [-0.25, -0.2) is 4.68 Å². The monoisotopic (exact) mass is 435 g/mol. The number of rotatable bonds is 4. The van der Waals surface area contributed by atoms with E-state index < -0.39 is 11.7 Å². The number of alkyl halides is 3. The zero-order valence-corrected chi connectivity index (χ0v) is 17.0. The largest absolute Gasteiger partial charge is 0.416 e. The molecule has 6 nitrogen and oxygen atoms in total. The maximum atomic E-state index is 13.3. The van der Waals surface area contributed by atoms with E-state index in [9.17, 15) is 18.0 Å². The van der Waals surface area contributed by atoms with E-state index in [0.717, 1.165) is 37.8 Å². The van der Waals surface area contributed by atoms with Gasteiger partial charge >= 0.3 is 6.18 Å². The van der Waals surface area contributed by atoms with E-state index in [2.05, 4.69) is 5.10 Å². The molecular weight excluding hydrogens is 411 g/mol. The molecule has 5 rings (SSSR count). The van der Waals surface area contributed by atoms with Crippen LogP contribution in [0.25, 0.3) is 5.69 Å². The number of halogens is 3. The minimum atomic E-state index is -4.43. The lowest BCUT2D eigenvalue weighted by Crippen LogP contribution is -2.41. The smallest absolute Gasteiger partial charge is 0.350 e. The molecule has 1 amide bonds. The highest BCUT2D eigenvalue weighted by Crippen LogP contribution is 2.43. The lowest BCUT2D eigenvalue weighted by molar-refractivity contribution is -0.137. The number of hydrogen-bond donors (Lipinski definition) is 0. The van der Waals surface area contributed by atoms with Crippen LogP contribution in [0.4, 0.5) is 13.2 Å². The van der Waals surface area contributed by atoms with Crippen molar-refractivity contribution in [2.45, 2.75) is 44.1 Å². The molecule has 0 atom stereocenters. The molecule has 3 aliphatic rings. The van der Waals surface area contributed by atoms with Crippen molar-refractivity contribution in [3.05, 3.63) is 47.3 Å². The molecule has 0 N–H and O–H groups in total. The maximum absolute atomic E-state index is 13.3. The van der Waals surface area contributed by atoms with Crippen molar-refractivity contribution >= 4 is 5.91 Å². The molecule has 0 bridgehead atoms. The Kier molecular flexibility index (Phi) is 5.26. The first-order chi connectivity index (χ1) is 14.9. The van der Waals surface area contributed by atoms with Crippen molar-refractivity contribution in [2.24, 2.45) is 5.92 Å². The van der Waals surface area contributed by atoms with Crippen LogP contribution in [0.3, 0.4) is 0 Å². The fraction of sp³-hybridized carbons (Fsp3) is 0.545. The van der Waals surface area contributed by atoms with E-state index >= 15 is 0 Å². The summed E-state index contributed by atoms with van der Waals surface area (Å²) in [6.07, 6.45) is 0.313. The lowest BCUT2D eigenvalue weighted by Gasteiger charge is -2.33. The maximum Gasteiger partial charge on any atom is 0.416 e. The molecule has 2 saturated heterocycles. The zero-order valence-electron chi connectivity index (χ0n) is 17.0. The van der Waals surface area contributed by atoms with Gasteiger partial charge in [0.2, 0.25) is 0 Å². The van der Waals surface area contributed by atoms with Crippen LogP contribution in [0.15, 0.2) is 30.5 Å². The number of amides is 1. The van der Waals surface area contributed by atoms with Gasteiger partial charge < -0.3 is 14.4 Å². The van der Waals surface area contributed by atoms with Crippen LogP contribution in [-0.4, -0.2) is 53.2 Å². The number of aromatic nitrogens is 2. The van der Waals surface area contributed by atoms with E-state index in [-0.39, 0.29) is 24.0 Å². The van der Waals surface area contributed by atoms with Gasteiger partial charge in [-0.1, -0.05) is 6.07 Å². The molecule has 9 heteroatoms. The van der Waals surface area contributed by atoms with Crippen LogP contribution in [0, 0.1) is 5.92 Å². The number of benzene rings is 1. The third kappa shape index (κ3) is 4.08. The Morgan fingerprint density at radius 3 is 2.42 bits per heavy atom. The molecule has 2 aromatic rings. The predicted octanol–water partition coefficient (Wildman–Crippen LogP) is 3.99. The van der Waals surface area contributed by atoms with Crippen LogP contribution in [0.5, 0.6) is 0 Å². The third-order valence-corrected chi connectivity index (χ3v) is 6.28. The van der Waals surface area contributed by atoms with Crippen molar-refractivity contribution in [3.63, 3.8) is 0 Å². The Hall–Kier alpha value is -2.39. The van der Waals surface area contributed by atoms with Gasteiger partial charge in [-0.3, -0.25) is 4.79 Å². The number of hydrogen-bond acceptors (Lipinski definition) is 4. The van der Waals surface area contributed by atoms with Crippen LogP contribution >= 0.6 is 0 Å². The summed E-state index contributed by atoms with van der Waals surface area (Å²) in [5.74, 6) is 0.322. The van der Waals surface area contributed by atoms with Gasteiger partial charge in [0.05, 0.1) is 41.9 Å². The van der Waals surface area contributed by atoms with Crippen molar-refractivity contribution in [1.82, 2.24) is 14.7 Å². The molecule has 2 aliphatic heterocycles. The van der Waals surface area contributed by atoms with Crippen molar-refractivity contribution in [2.75, 3.05) is 26.3 Å². The Balaban J connectivity index is 1.37. The van der Waals surface area contributed by atoms with Crippen LogP contribution in [-0.2, 0) is 15.7 Å². The molecule has 0 radical (unpaired) electrons. The van der Waals surface area contributed by atoms with Crippen molar-refractivity contribution < 1.29 is 27.4 Å². The topological polar surface area (TPSA) is 56.6 Å². The standard InChI is InChI=1S/C22H24F3N3O3/c23-22(24,25)16-2-1-3-17(12-16)28-19(14-4-5-14)18(13-26-28)20(29)27-8-6-15(7-9-27)21-30-10-11-31-21/h1-3,12-15,21H,4-11H2. The summed E-state index contributed by atoms with van der Waals surface area (Å²) in [4.78, 5) is 15.1. The molecule has 166 valence electrons. The van der Waals surface area contributed by atoms with Crippen LogP contribution in [0.1, 0.15) is 53.2 Å². The van der Waals surface area contributed by atoms with Crippen molar-refractivity contribution in [1.29, 1.82) is 0 Å². The van der Waals surface area contributed by atoms with Gasteiger partial charge in [0.25, 0.3) is 5.91 Å². The average molecular weight is 435 g/mol. The van der Waals surface area contributed by atoms with Crippen LogP contribution < -0.4 is 0 Å². The first-order valence-corrected chi connectivity index (χ1v) is 10.7. The summed E-state index contributed by atoms with van der Waals surface area (Å²) in [5, 5.41) is 4.33.